The third-order valence-electron chi connectivity index (χ3n) is 4.26. The Labute approximate surface area is 181 Å². The smallest absolute Gasteiger partial charge is 0.374 e. The fraction of sp³-hybridized carbons (Fsp3) is 0.444. The number of rotatable bonds is 4. The average molecular weight is 452 g/mol. The van der Waals surface area contributed by atoms with Crippen molar-refractivity contribution in [1.82, 2.24) is 15.1 Å². The van der Waals surface area contributed by atoms with Crippen molar-refractivity contribution < 1.29 is 19.2 Å². The van der Waals surface area contributed by atoms with E-state index in [0.717, 1.165) is 16.8 Å². The number of non-ortho nitro benzene ring substituents is 1. The highest BCUT2D eigenvalue weighted by Crippen LogP contribution is 2.34. The first kappa shape index (κ1) is 22.0. The summed E-state index contributed by atoms with van der Waals surface area (Å²) in [7, 11) is 1.66. The Balaban J connectivity index is 1.78. The molecule has 0 N–H and O–H groups in total. The predicted molar refractivity (Wildman–Crippen MR) is 113 cm³/mol. The van der Waals surface area contributed by atoms with Crippen molar-refractivity contribution in [2.45, 2.75) is 43.7 Å². The van der Waals surface area contributed by atoms with E-state index >= 15 is 0 Å². The molecule has 1 fully saturated rings. The molecule has 2 amide bonds. The number of aromatic nitrogens is 2. The summed E-state index contributed by atoms with van der Waals surface area (Å²) in [4.78, 5) is 38.9. The number of nitrogens with zero attached hydrogens (tertiary/aromatic N) is 5. The number of carbonyl (C=O) groups is 2. The molecule has 160 valence electrons. The molecule has 30 heavy (non-hydrogen) atoms. The van der Waals surface area contributed by atoms with Crippen LogP contribution in [-0.2, 0) is 10.2 Å². The van der Waals surface area contributed by atoms with Crippen LogP contribution in [0.1, 0.15) is 32.2 Å². The molecule has 1 aliphatic rings. The van der Waals surface area contributed by atoms with Gasteiger partial charge in [-0.2, -0.15) is 0 Å². The zero-order chi connectivity index (χ0) is 22.1. The molecule has 1 atom stereocenters. The number of carbonyl (C=O) groups excluding carboxylic acids is 2. The summed E-state index contributed by atoms with van der Waals surface area (Å²) in [5, 5.41) is 19.7. The molecule has 0 bridgehead atoms. The molecular formula is C18H21N5O5S2. The fourth-order valence-corrected chi connectivity index (χ4v) is 4.27. The first-order valence-electron chi connectivity index (χ1n) is 9.07. The minimum Gasteiger partial charge on any atom is -0.433 e. The molecular weight excluding hydrogens is 430 g/mol. The number of thioether (sulfide) groups is 1. The molecule has 2 heterocycles. The molecule has 1 unspecified atom stereocenters. The number of amides is 2. The van der Waals surface area contributed by atoms with Crippen molar-refractivity contribution in [2.24, 2.45) is 0 Å². The maximum Gasteiger partial charge on any atom is 0.374 e. The molecule has 0 radical (unpaired) electrons. The van der Waals surface area contributed by atoms with Crippen molar-refractivity contribution >= 4 is 45.3 Å². The lowest BCUT2D eigenvalue weighted by atomic mass is 9.98. The number of ether oxygens (including phenoxy) is 1. The van der Waals surface area contributed by atoms with Crippen LogP contribution in [0.3, 0.4) is 0 Å². The Morgan fingerprint density at radius 1 is 1.37 bits per heavy atom. The van der Waals surface area contributed by atoms with Crippen LogP contribution in [0.15, 0.2) is 29.2 Å². The van der Waals surface area contributed by atoms with E-state index in [2.05, 4.69) is 10.2 Å². The van der Waals surface area contributed by atoms with Gasteiger partial charge in [0.2, 0.25) is 5.13 Å². The van der Waals surface area contributed by atoms with Crippen molar-refractivity contribution in [1.29, 1.82) is 0 Å². The van der Waals surface area contributed by atoms with Crippen LogP contribution in [0.2, 0.25) is 0 Å². The second-order valence-electron chi connectivity index (χ2n) is 7.68. The van der Waals surface area contributed by atoms with Crippen LogP contribution in [0, 0.1) is 10.1 Å². The van der Waals surface area contributed by atoms with Crippen molar-refractivity contribution in [3.05, 3.63) is 39.4 Å². The van der Waals surface area contributed by atoms with Gasteiger partial charge in [0.05, 0.1) is 4.92 Å². The van der Waals surface area contributed by atoms with Gasteiger partial charge in [0.25, 0.3) is 5.69 Å². The summed E-state index contributed by atoms with van der Waals surface area (Å²) >= 11 is 2.00. The van der Waals surface area contributed by atoms with E-state index in [9.17, 15) is 19.7 Å². The zero-order valence-corrected chi connectivity index (χ0v) is 18.5. The largest absolute Gasteiger partial charge is 0.433 e. The molecule has 2 aromatic rings. The maximum atomic E-state index is 12.8. The number of anilines is 1. The number of benzene rings is 1. The fourth-order valence-electron chi connectivity index (χ4n) is 2.66. The van der Waals surface area contributed by atoms with E-state index in [0.29, 0.717) is 23.0 Å². The van der Waals surface area contributed by atoms with Crippen LogP contribution in [0.4, 0.5) is 20.4 Å². The van der Waals surface area contributed by atoms with Gasteiger partial charge in [-0.1, -0.05) is 38.2 Å². The van der Waals surface area contributed by atoms with Gasteiger partial charge < -0.3 is 9.64 Å². The Kier molecular flexibility index (Phi) is 6.27. The van der Waals surface area contributed by atoms with E-state index in [-0.39, 0.29) is 17.1 Å². The lowest BCUT2D eigenvalue weighted by Gasteiger charge is -2.37. The van der Waals surface area contributed by atoms with E-state index < -0.39 is 16.5 Å². The molecule has 0 spiro atoms. The number of urea groups is 1. The molecule has 10 nitrogen and oxygen atoms in total. The first-order chi connectivity index (χ1) is 14.1. The van der Waals surface area contributed by atoms with Gasteiger partial charge in [-0.05, 0) is 17.8 Å². The number of hydrogen-bond acceptors (Lipinski definition) is 9. The Hall–Kier alpha value is -2.73. The normalized spacial score (nSPS) is 17.2. The minimum absolute atomic E-state index is 0.118. The van der Waals surface area contributed by atoms with Crippen LogP contribution < -0.4 is 4.90 Å². The topological polar surface area (TPSA) is 119 Å². The third-order valence-corrected chi connectivity index (χ3v) is 6.36. The monoisotopic (exact) mass is 451 g/mol. The number of nitro benzene ring substituents is 1. The van der Waals surface area contributed by atoms with E-state index in [1.807, 2.05) is 20.8 Å². The highest BCUT2D eigenvalue weighted by atomic mass is 32.2. The Morgan fingerprint density at radius 3 is 2.73 bits per heavy atom. The van der Waals surface area contributed by atoms with E-state index in [1.54, 1.807) is 13.1 Å². The van der Waals surface area contributed by atoms with E-state index in [4.69, 9.17) is 4.74 Å². The Morgan fingerprint density at radius 2 is 2.10 bits per heavy atom. The quantitative estimate of drug-likeness (QED) is 0.293. The number of hydrogen-bond donors (Lipinski definition) is 0. The highest BCUT2D eigenvalue weighted by molar-refractivity contribution is 8.13. The van der Waals surface area contributed by atoms with Gasteiger partial charge in [0.1, 0.15) is 5.01 Å². The van der Waals surface area contributed by atoms with Gasteiger partial charge >= 0.3 is 11.3 Å². The lowest BCUT2D eigenvalue weighted by Crippen LogP contribution is -2.54. The average Bonchev–Trinajstić information content (AvgIpc) is 3.15. The van der Waals surface area contributed by atoms with Crippen molar-refractivity contribution in [3.8, 4) is 0 Å². The summed E-state index contributed by atoms with van der Waals surface area (Å²) < 4.78 is 5.55. The second kappa shape index (κ2) is 8.56. The molecule has 0 saturated carbocycles. The molecule has 1 aromatic carbocycles. The predicted octanol–water partition coefficient (Wildman–Crippen LogP) is 4.26. The van der Waals surface area contributed by atoms with Crippen LogP contribution >= 0.6 is 23.1 Å². The van der Waals surface area contributed by atoms with Gasteiger partial charge in [-0.3, -0.25) is 10.1 Å². The maximum absolute atomic E-state index is 12.8. The van der Waals surface area contributed by atoms with Crippen molar-refractivity contribution in [3.63, 3.8) is 0 Å². The van der Waals surface area contributed by atoms with Crippen LogP contribution in [0.5, 0.6) is 0 Å². The molecule has 0 aliphatic carbocycles. The minimum atomic E-state index is -0.840. The molecule has 12 heteroatoms. The third kappa shape index (κ3) is 4.87. The summed E-state index contributed by atoms with van der Waals surface area (Å²) in [5.74, 6) is 0. The van der Waals surface area contributed by atoms with Crippen LogP contribution in [-0.4, -0.2) is 51.2 Å². The summed E-state index contributed by atoms with van der Waals surface area (Å²) in [6.07, 6.45) is -0.443. The first-order valence-corrected chi connectivity index (χ1v) is 10.7. The SMILES string of the molecule is CN1CCC(OC(=O)Sc2cccc([N+](=O)[O-])c2)N(c2nnc(C(C)(C)C)s2)C1=O. The lowest BCUT2D eigenvalue weighted by molar-refractivity contribution is -0.385. The Bertz CT molecular complexity index is 974. The molecule has 1 aromatic heterocycles. The molecule has 1 saturated heterocycles. The highest BCUT2D eigenvalue weighted by Gasteiger charge is 2.38. The number of nitro groups is 1. The summed E-state index contributed by atoms with van der Waals surface area (Å²) in [6, 6.07) is 5.38. The summed E-state index contributed by atoms with van der Waals surface area (Å²) in [5.41, 5.74) is -0.350. The van der Waals surface area contributed by atoms with Crippen molar-refractivity contribution in [2.75, 3.05) is 18.5 Å². The van der Waals surface area contributed by atoms with Gasteiger partial charge in [-0.15, -0.1) is 10.2 Å². The van der Waals surface area contributed by atoms with E-state index in [1.165, 1.54) is 39.3 Å². The summed E-state index contributed by atoms with van der Waals surface area (Å²) in [6.45, 7) is 6.40. The standard InChI is InChI=1S/C18H21N5O5S2/c1-18(2,3)14-19-20-15(30-14)22-13(8-9-21(4)16(22)24)28-17(25)29-12-7-5-6-11(10-12)23(26)27/h5-7,10,13H,8-9H2,1-4H3. The van der Waals surface area contributed by atoms with Gasteiger partial charge in [0.15, 0.2) is 6.23 Å². The van der Waals surface area contributed by atoms with Gasteiger partial charge in [-0.25, -0.2) is 14.5 Å². The molecule has 3 rings (SSSR count). The van der Waals surface area contributed by atoms with Gasteiger partial charge in [0, 0.05) is 42.5 Å². The molecule has 1 aliphatic heterocycles. The second-order valence-corrected chi connectivity index (χ2v) is 9.65. The van der Waals surface area contributed by atoms with Crippen LogP contribution in [0.25, 0.3) is 0 Å². The zero-order valence-electron chi connectivity index (χ0n) is 16.9.